The van der Waals surface area contributed by atoms with Crippen LogP contribution in [0.1, 0.15) is 12.1 Å². The largest absolute Gasteiger partial charge is 0.497 e. The molecule has 196 valence electrons. The minimum absolute atomic E-state index is 0. The third-order valence-electron chi connectivity index (χ3n) is 6.39. The van der Waals surface area contributed by atoms with Gasteiger partial charge in [0.1, 0.15) is 19.0 Å². The number of aliphatic hydroxyl groups excluding tert-OH is 1. The smallest absolute Gasteiger partial charge is 0.269 e. The average Bonchev–Trinajstić information content (AvgIpc) is 2.87. The highest BCUT2D eigenvalue weighted by atomic mass is 35.5. The van der Waals surface area contributed by atoms with Gasteiger partial charge in [-0.3, -0.25) is 14.7 Å². The van der Waals surface area contributed by atoms with Crippen molar-refractivity contribution in [3.05, 3.63) is 52.7 Å². The number of nitrogens with one attached hydrogen (secondary N) is 1. The van der Waals surface area contributed by atoms with Gasteiger partial charge in [0.2, 0.25) is 0 Å². The number of methoxy groups -OCH3 is 1. The van der Waals surface area contributed by atoms with Gasteiger partial charge in [-0.1, -0.05) is 0 Å². The average molecular weight is 540 g/mol. The molecule has 0 amide bonds. The van der Waals surface area contributed by atoms with Crippen LogP contribution in [0.2, 0.25) is 0 Å². The molecular formula is C24H31Cl2N5O5. The highest BCUT2D eigenvalue weighted by Gasteiger charge is 2.27. The lowest BCUT2D eigenvalue weighted by molar-refractivity contribution is 0.0384. The molecule has 2 atom stereocenters. The summed E-state index contributed by atoms with van der Waals surface area (Å²) < 4.78 is 18.2. The van der Waals surface area contributed by atoms with Crippen molar-refractivity contribution in [3.63, 3.8) is 0 Å². The fourth-order valence-electron chi connectivity index (χ4n) is 4.50. The first-order chi connectivity index (χ1) is 16.6. The first kappa shape index (κ1) is 27.9. The molecule has 0 spiro atoms. The van der Waals surface area contributed by atoms with Gasteiger partial charge >= 0.3 is 0 Å². The van der Waals surface area contributed by atoms with Crippen molar-refractivity contribution < 1.29 is 19.3 Å². The number of likely N-dealkylation sites (tertiary alicyclic amines) is 1. The van der Waals surface area contributed by atoms with E-state index in [-0.39, 0.29) is 36.4 Å². The van der Waals surface area contributed by atoms with Gasteiger partial charge in [0.15, 0.2) is 11.5 Å². The molecule has 12 heteroatoms. The molecule has 2 aliphatic rings. The molecule has 0 radical (unpaired) electrons. The number of fused-ring (bicyclic) bond motifs is 2. The Morgan fingerprint density at radius 3 is 2.69 bits per heavy atom. The zero-order valence-electron chi connectivity index (χ0n) is 20.0. The quantitative estimate of drug-likeness (QED) is 0.462. The van der Waals surface area contributed by atoms with E-state index in [2.05, 4.69) is 20.2 Å². The number of aliphatic hydroxyl groups is 1. The molecule has 36 heavy (non-hydrogen) atoms. The number of pyridine rings is 1. The van der Waals surface area contributed by atoms with Crippen molar-refractivity contribution >= 4 is 35.8 Å². The summed E-state index contributed by atoms with van der Waals surface area (Å²) in [4.78, 5) is 23.3. The van der Waals surface area contributed by atoms with Crippen LogP contribution in [0.15, 0.2) is 41.5 Å². The van der Waals surface area contributed by atoms with Crippen LogP contribution in [0.5, 0.6) is 17.2 Å². The van der Waals surface area contributed by atoms with Crippen molar-refractivity contribution in [2.45, 2.75) is 31.7 Å². The summed E-state index contributed by atoms with van der Waals surface area (Å²) in [5, 5.41) is 14.2. The first-order valence-corrected chi connectivity index (χ1v) is 11.5. The minimum atomic E-state index is -0.517. The number of hydrogen-bond acceptors (Lipinski definition) is 9. The van der Waals surface area contributed by atoms with Crippen molar-refractivity contribution in [2.24, 2.45) is 0 Å². The number of rotatable bonds is 7. The van der Waals surface area contributed by atoms with Crippen molar-refractivity contribution in [1.82, 2.24) is 24.8 Å². The second-order valence-electron chi connectivity index (χ2n) is 8.57. The fourth-order valence-corrected chi connectivity index (χ4v) is 4.50. The van der Waals surface area contributed by atoms with Crippen molar-refractivity contribution in [3.8, 4) is 17.2 Å². The van der Waals surface area contributed by atoms with Crippen LogP contribution in [0.4, 0.5) is 0 Å². The van der Waals surface area contributed by atoms with Gasteiger partial charge in [-0.25, -0.2) is 4.98 Å². The Balaban J connectivity index is 0.00000180. The van der Waals surface area contributed by atoms with Crippen LogP contribution in [0, 0.1) is 0 Å². The van der Waals surface area contributed by atoms with E-state index < -0.39 is 6.10 Å². The predicted molar refractivity (Wildman–Crippen MR) is 140 cm³/mol. The fraction of sp³-hybridized carbons (Fsp3) is 0.458. The van der Waals surface area contributed by atoms with Crippen LogP contribution in [-0.2, 0) is 13.1 Å². The molecule has 1 aromatic carbocycles. The SMILES string of the molecule is COc1ccc2ncc(=O)n(CCN3CCC(NCc4cc5c(cn4)OCCO5)C(O)C3)c2c1.Cl.Cl. The summed E-state index contributed by atoms with van der Waals surface area (Å²) in [6.45, 7) is 4.14. The van der Waals surface area contributed by atoms with E-state index in [4.69, 9.17) is 14.2 Å². The highest BCUT2D eigenvalue weighted by molar-refractivity contribution is 5.85. The molecule has 3 aromatic rings. The second kappa shape index (κ2) is 12.6. The van der Waals surface area contributed by atoms with Gasteiger partial charge in [0.05, 0.1) is 42.3 Å². The molecule has 0 aliphatic carbocycles. The molecule has 1 saturated heterocycles. The lowest BCUT2D eigenvalue weighted by Gasteiger charge is -2.36. The zero-order valence-corrected chi connectivity index (χ0v) is 21.6. The van der Waals surface area contributed by atoms with Crippen LogP contribution in [-0.4, -0.2) is 76.6 Å². The van der Waals surface area contributed by atoms with Gasteiger partial charge in [0.25, 0.3) is 5.56 Å². The Morgan fingerprint density at radius 2 is 1.92 bits per heavy atom. The molecule has 1 fully saturated rings. The standard InChI is InChI=1S/C24H29N5O5.2ClH/c1-32-17-2-3-18-20(11-17)29(24(31)14-27-18)7-6-28-5-4-19(21(30)15-28)26-12-16-10-22-23(13-25-16)34-9-8-33-22;;/h2-3,10-11,13-14,19,21,26,30H,4-9,12,15H2,1H3;2*1H. The van der Waals surface area contributed by atoms with Crippen LogP contribution >= 0.6 is 24.8 Å². The zero-order chi connectivity index (χ0) is 23.5. The summed E-state index contributed by atoms with van der Waals surface area (Å²) in [5.41, 5.74) is 2.19. The Labute approximate surface area is 221 Å². The molecule has 2 aliphatic heterocycles. The molecule has 0 bridgehead atoms. The third kappa shape index (κ3) is 6.19. The first-order valence-electron chi connectivity index (χ1n) is 11.5. The number of ether oxygens (including phenoxy) is 3. The number of nitrogens with zero attached hydrogens (tertiary/aromatic N) is 4. The van der Waals surface area contributed by atoms with Gasteiger partial charge in [-0.2, -0.15) is 0 Å². The molecule has 10 nitrogen and oxygen atoms in total. The van der Waals surface area contributed by atoms with Gasteiger partial charge < -0.3 is 29.2 Å². The molecular weight excluding hydrogens is 509 g/mol. The van der Waals surface area contributed by atoms with Crippen molar-refractivity contribution in [2.75, 3.05) is 40.0 Å². The summed E-state index contributed by atoms with van der Waals surface area (Å²) in [5.74, 6) is 2.07. The monoisotopic (exact) mass is 539 g/mol. The number of benzene rings is 1. The Morgan fingerprint density at radius 1 is 1.11 bits per heavy atom. The number of halogens is 2. The van der Waals surface area contributed by atoms with Gasteiger partial charge in [-0.05, 0) is 25.1 Å². The normalized spacial score (nSPS) is 19.3. The number of aromatic nitrogens is 3. The maximum Gasteiger partial charge on any atom is 0.269 e. The van der Waals surface area contributed by atoms with Gasteiger partial charge in [0, 0.05) is 44.4 Å². The highest BCUT2D eigenvalue weighted by Crippen LogP contribution is 2.29. The third-order valence-corrected chi connectivity index (χ3v) is 6.39. The Kier molecular flexibility index (Phi) is 9.75. The van der Waals surface area contributed by atoms with E-state index in [0.29, 0.717) is 56.6 Å². The maximum atomic E-state index is 12.5. The van der Waals surface area contributed by atoms with Crippen molar-refractivity contribution in [1.29, 1.82) is 0 Å². The molecule has 2 unspecified atom stereocenters. The van der Waals surface area contributed by atoms with E-state index in [9.17, 15) is 9.90 Å². The predicted octanol–water partition coefficient (Wildman–Crippen LogP) is 1.64. The second-order valence-corrected chi connectivity index (χ2v) is 8.57. The summed E-state index contributed by atoms with van der Waals surface area (Å²) in [6.07, 6.45) is 3.32. The number of hydrogen-bond donors (Lipinski definition) is 2. The minimum Gasteiger partial charge on any atom is -0.497 e. The van der Waals surface area contributed by atoms with E-state index in [1.54, 1.807) is 17.9 Å². The van der Waals surface area contributed by atoms with Crippen LogP contribution in [0.3, 0.4) is 0 Å². The number of β-amino-alcohol motifs (C(OH)–C–C–N with tert-alkyl or cyclic N) is 1. The summed E-state index contributed by atoms with van der Waals surface area (Å²) in [7, 11) is 1.60. The summed E-state index contributed by atoms with van der Waals surface area (Å²) >= 11 is 0. The van der Waals surface area contributed by atoms with Crippen LogP contribution in [0.25, 0.3) is 11.0 Å². The molecule has 2 N–H and O–H groups in total. The maximum absolute atomic E-state index is 12.5. The van der Waals surface area contributed by atoms with Crippen LogP contribution < -0.4 is 25.1 Å². The molecule has 5 rings (SSSR count). The lowest BCUT2D eigenvalue weighted by atomic mass is 10.0. The summed E-state index contributed by atoms with van der Waals surface area (Å²) in [6, 6.07) is 7.37. The van der Waals surface area contributed by atoms with E-state index in [1.807, 2.05) is 24.3 Å². The molecule has 4 heterocycles. The van der Waals surface area contributed by atoms with E-state index >= 15 is 0 Å². The topological polar surface area (TPSA) is 111 Å². The van der Waals surface area contributed by atoms with E-state index in [1.165, 1.54) is 6.20 Å². The van der Waals surface area contributed by atoms with Gasteiger partial charge in [-0.15, -0.1) is 24.8 Å². The lowest BCUT2D eigenvalue weighted by Crippen LogP contribution is -2.53. The molecule has 0 saturated carbocycles. The van der Waals surface area contributed by atoms with E-state index in [0.717, 1.165) is 29.7 Å². The number of piperidine rings is 1. The Hall–Kier alpha value is -2.63. The Bertz CT molecular complexity index is 1230. The molecule has 2 aromatic heterocycles.